The Bertz CT molecular complexity index is 561. The minimum absolute atomic E-state index is 0.00189. The average molecular weight is 332 g/mol. The largest absolute Gasteiger partial charge is 0.480 e. The quantitative estimate of drug-likeness (QED) is 0.717. The van der Waals surface area contributed by atoms with E-state index in [9.17, 15) is 22.8 Å². The number of halogens is 3. The van der Waals surface area contributed by atoms with Crippen molar-refractivity contribution < 1.29 is 27.9 Å². The normalized spacial score (nSPS) is 14.1. The Kier molecular flexibility index (Phi) is 6.56. The van der Waals surface area contributed by atoms with E-state index < -0.39 is 29.7 Å². The van der Waals surface area contributed by atoms with Crippen LogP contribution < -0.4 is 10.6 Å². The van der Waals surface area contributed by atoms with E-state index in [0.717, 1.165) is 12.1 Å². The zero-order valence-electron chi connectivity index (χ0n) is 12.8. The Morgan fingerprint density at radius 3 is 2.48 bits per heavy atom. The van der Waals surface area contributed by atoms with Crippen molar-refractivity contribution in [3.8, 4) is 0 Å². The third-order valence-electron chi connectivity index (χ3n) is 3.44. The van der Waals surface area contributed by atoms with Crippen LogP contribution in [0.15, 0.2) is 24.3 Å². The van der Waals surface area contributed by atoms with Crippen molar-refractivity contribution in [2.24, 2.45) is 5.92 Å². The molecule has 128 valence electrons. The van der Waals surface area contributed by atoms with E-state index in [-0.39, 0.29) is 18.2 Å². The molecule has 0 fully saturated rings. The van der Waals surface area contributed by atoms with E-state index in [1.165, 1.54) is 12.1 Å². The second kappa shape index (κ2) is 7.96. The van der Waals surface area contributed by atoms with Crippen LogP contribution in [0.4, 0.5) is 18.9 Å². The summed E-state index contributed by atoms with van der Waals surface area (Å²) in [6.45, 7) is 3.25. The molecule has 8 heteroatoms. The maximum atomic E-state index is 12.6. The Labute approximate surface area is 131 Å². The highest BCUT2D eigenvalue weighted by Crippen LogP contribution is 2.30. The fourth-order valence-corrected chi connectivity index (χ4v) is 1.95. The highest BCUT2D eigenvalue weighted by atomic mass is 19.4. The molecule has 5 nitrogen and oxygen atoms in total. The summed E-state index contributed by atoms with van der Waals surface area (Å²) in [6, 6.07) is 3.34. The molecule has 0 heterocycles. The molecule has 0 aliphatic rings. The molecule has 0 aliphatic heterocycles. The minimum atomic E-state index is -4.50. The van der Waals surface area contributed by atoms with Crippen molar-refractivity contribution in [1.82, 2.24) is 5.32 Å². The molecule has 0 saturated heterocycles. The smallest absolute Gasteiger partial charge is 0.416 e. The predicted molar refractivity (Wildman–Crippen MR) is 79.0 cm³/mol. The molecule has 3 N–H and O–H groups in total. The third-order valence-corrected chi connectivity index (χ3v) is 3.44. The van der Waals surface area contributed by atoms with Gasteiger partial charge in [0.25, 0.3) is 0 Å². The Morgan fingerprint density at radius 2 is 1.96 bits per heavy atom. The van der Waals surface area contributed by atoms with Crippen LogP contribution in [0.25, 0.3) is 0 Å². The number of hydrogen-bond acceptors (Lipinski definition) is 3. The highest BCUT2D eigenvalue weighted by molar-refractivity contribution is 5.92. The fourth-order valence-electron chi connectivity index (χ4n) is 1.95. The maximum Gasteiger partial charge on any atom is 0.416 e. The molecule has 0 unspecified atom stereocenters. The number of anilines is 1. The molecular weight excluding hydrogens is 313 g/mol. The zero-order chi connectivity index (χ0) is 17.6. The monoisotopic (exact) mass is 332 g/mol. The first kappa shape index (κ1) is 19.0. The molecule has 0 saturated carbocycles. The van der Waals surface area contributed by atoms with Gasteiger partial charge >= 0.3 is 12.1 Å². The number of carboxylic acids is 1. The summed E-state index contributed by atoms with van der Waals surface area (Å²) in [5.74, 6) is -1.88. The fraction of sp³-hybridized carbons (Fsp3) is 0.467. The van der Waals surface area contributed by atoms with Crippen LogP contribution >= 0.6 is 0 Å². The third kappa shape index (κ3) is 5.90. The van der Waals surface area contributed by atoms with Crippen LogP contribution in [-0.4, -0.2) is 29.6 Å². The first-order chi connectivity index (χ1) is 10.6. The molecular formula is C15H19F3N2O3. The van der Waals surface area contributed by atoms with Crippen LogP contribution in [0.1, 0.15) is 25.8 Å². The van der Waals surface area contributed by atoms with E-state index >= 15 is 0 Å². The van der Waals surface area contributed by atoms with Crippen molar-refractivity contribution in [1.29, 1.82) is 0 Å². The Morgan fingerprint density at radius 1 is 1.30 bits per heavy atom. The number of alkyl halides is 3. The van der Waals surface area contributed by atoms with Gasteiger partial charge in [-0.2, -0.15) is 13.2 Å². The number of hydrogen-bond donors (Lipinski definition) is 3. The molecule has 0 aromatic heterocycles. The van der Waals surface area contributed by atoms with Crippen molar-refractivity contribution >= 4 is 17.6 Å². The summed E-state index contributed by atoms with van der Waals surface area (Å²) in [7, 11) is 0. The van der Waals surface area contributed by atoms with Crippen LogP contribution in [0, 0.1) is 5.92 Å². The van der Waals surface area contributed by atoms with Crippen LogP contribution in [-0.2, 0) is 15.8 Å². The zero-order valence-corrected chi connectivity index (χ0v) is 12.8. The first-order valence-electron chi connectivity index (χ1n) is 7.08. The molecule has 1 aromatic carbocycles. The van der Waals surface area contributed by atoms with Gasteiger partial charge in [0.1, 0.15) is 6.04 Å². The van der Waals surface area contributed by atoms with Gasteiger partial charge < -0.3 is 10.4 Å². The lowest BCUT2D eigenvalue weighted by Crippen LogP contribution is -2.45. The number of amides is 1. The number of carboxylic acid groups (broad SMARTS) is 1. The van der Waals surface area contributed by atoms with Gasteiger partial charge in [-0.1, -0.05) is 26.3 Å². The van der Waals surface area contributed by atoms with Crippen molar-refractivity contribution in [2.75, 3.05) is 11.9 Å². The maximum absolute atomic E-state index is 12.6. The van der Waals surface area contributed by atoms with Gasteiger partial charge in [-0.25, -0.2) is 0 Å². The molecule has 1 rings (SSSR count). The van der Waals surface area contributed by atoms with E-state index in [1.54, 1.807) is 6.92 Å². The van der Waals surface area contributed by atoms with Crippen molar-refractivity contribution in [2.45, 2.75) is 32.5 Å². The van der Waals surface area contributed by atoms with Gasteiger partial charge in [-0.15, -0.1) is 0 Å². The number of benzene rings is 1. The summed E-state index contributed by atoms with van der Waals surface area (Å²) >= 11 is 0. The van der Waals surface area contributed by atoms with Crippen LogP contribution in [0.3, 0.4) is 0 Å². The molecule has 2 atom stereocenters. The van der Waals surface area contributed by atoms with Gasteiger partial charge in [-0.05, 0) is 24.1 Å². The topological polar surface area (TPSA) is 78.4 Å². The summed E-state index contributed by atoms with van der Waals surface area (Å²) < 4.78 is 37.8. The SMILES string of the molecule is CC[C@H](C)[C@H](NCC(=O)Nc1cccc(C(F)(F)F)c1)C(=O)O. The molecule has 0 radical (unpaired) electrons. The summed E-state index contributed by atoms with van der Waals surface area (Å²) in [5.41, 5.74) is -0.867. The summed E-state index contributed by atoms with van der Waals surface area (Å²) in [6.07, 6.45) is -3.89. The molecule has 1 amide bonds. The van der Waals surface area contributed by atoms with E-state index in [4.69, 9.17) is 5.11 Å². The molecule has 0 bridgehead atoms. The van der Waals surface area contributed by atoms with Crippen LogP contribution in [0.5, 0.6) is 0 Å². The van der Waals surface area contributed by atoms with E-state index in [0.29, 0.717) is 6.42 Å². The number of rotatable bonds is 7. The second-order valence-electron chi connectivity index (χ2n) is 5.21. The Hall–Kier alpha value is -2.09. The minimum Gasteiger partial charge on any atom is -0.480 e. The van der Waals surface area contributed by atoms with E-state index in [1.807, 2.05) is 6.92 Å². The summed E-state index contributed by atoms with van der Waals surface area (Å²) in [5, 5.41) is 14.0. The number of carbonyl (C=O) groups is 2. The van der Waals surface area contributed by atoms with Gasteiger partial charge in [0.2, 0.25) is 5.91 Å². The number of nitrogens with one attached hydrogen (secondary N) is 2. The second-order valence-corrected chi connectivity index (χ2v) is 5.21. The van der Waals surface area contributed by atoms with E-state index in [2.05, 4.69) is 10.6 Å². The predicted octanol–water partition coefficient (Wildman–Crippen LogP) is 2.73. The lowest BCUT2D eigenvalue weighted by Gasteiger charge is -2.20. The van der Waals surface area contributed by atoms with Gasteiger partial charge in [0.05, 0.1) is 12.1 Å². The summed E-state index contributed by atoms with van der Waals surface area (Å²) in [4.78, 5) is 22.9. The molecule has 1 aromatic rings. The highest BCUT2D eigenvalue weighted by Gasteiger charge is 2.30. The molecule has 0 aliphatic carbocycles. The van der Waals surface area contributed by atoms with Gasteiger partial charge in [-0.3, -0.25) is 14.9 Å². The average Bonchev–Trinajstić information content (AvgIpc) is 2.46. The Balaban J connectivity index is 2.65. The van der Waals surface area contributed by atoms with Gasteiger partial charge in [0, 0.05) is 5.69 Å². The van der Waals surface area contributed by atoms with Crippen molar-refractivity contribution in [3.63, 3.8) is 0 Å². The molecule has 23 heavy (non-hydrogen) atoms. The molecule has 0 spiro atoms. The number of aliphatic carboxylic acids is 1. The lowest BCUT2D eigenvalue weighted by atomic mass is 9.99. The standard InChI is InChI=1S/C15H19F3N2O3/c1-3-9(2)13(14(22)23)19-8-12(21)20-11-6-4-5-10(7-11)15(16,17)18/h4-7,9,13,19H,3,8H2,1-2H3,(H,20,21)(H,22,23)/t9-,13-/m0/s1. The van der Waals surface area contributed by atoms with Gasteiger partial charge in [0.15, 0.2) is 0 Å². The van der Waals surface area contributed by atoms with Crippen LogP contribution in [0.2, 0.25) is 0 Å². The lowest BCUT2D eigenvalue weighted by molar-refractivity contribution is -0.141. The number of carbonyl (C=O) groups excluding carboxylic acids is 1. The van der Waals surface area contributed by atoms with Crippen molar-refractivity contribution in [3.05, 3.63) is 29.8 Å². The first-order valence-corrected chi connectivity index (χ1v) is 7.08.